The van der Waals surface area contributed by atoms with E-state index in [1.165, 1.54) is 5.56 Å². The number of rotatable bonds is 4. The van der Waals surface area contributed by atoms with Gasteiger partial charge in [-0.25, -0.2) is 0 Å². The number of fused-ring (bicyclic) bond motifs is 1. The maximum Gasteiger partial charge on any atom is 0.225 e. The zero-order valence-electron chi connectivity index (χ0n) is 14.6. The molecule has 0 saturated carbocycles. The van der Waals surface area contributed by atoms with Crippen molar-refractivity contribution in [2.75, 3.05) is 13.2 Å². The van der Waals surface area contributed by atoms with Gasteiger partial charge in [-0.2, -0.15) is 5.10 Å². The molecule has 1 N–H and O–H groups in total. The third-order valence-corrected chi connectivity index (χ3v) is 4.84. The molecule has 1 amide bonds. The minimum atomic E-state index is -0.241. The van der Waals surface area contributed by atoms with E-state index >= 15 is 0 Å². The van der Waals surface area contributed by atoms with E-state index in [1.807, 2.05) is 54.6 Å². The first kappa shape index (κ1) is 16.7. The summed E-state index contributed by atoms with van der Waals surface area (Å²) >= 11 is 0. The Morgan fingerprint density at radius 2 is 2.12 bits per heavy atom. The average Bonchev–Trinajstić information content (AvgIpc) is 2.92. The van der Waals surface area contributed by atoms with Crippen molar-refractivity contribution < 1.29 is 9.90 Å². The van der Waals surface area contributed by atoms with Crippen molar-refractivity contribution in [3.63, 3.8) is 0 Å². The molecule has 0 radical (unpaired) electrons. The van der Waals surface area contributed by atoms with Gasteiger partial charge in [-0.05, 0) is 44.4 Å². The Labute approximate surface area is 142 Å². The van der Waals surface area contributed by atoms with Gasteiger partial charge in [0.05, 0.1) is 24.4 Å². The summed E-state index contributed by atoms with van der Waals surface area (Å²) in [5.74, 6) is 0.0728. The molecule has 1 aliphatic heterocycles. The molecule has 0 spiro atoms. The lowest BCUT2D eigenvalue weighted by Gasteiger charge is -2.37. The Hall–Kier alpha value is -2.14. The summed E-state index contributed by atoms with van der Waals surface area (Å²) in [6.07, 6.45) is 1.23. The third kappa shape index (κ3) is 3.08. The molecular formula is C19H25N3O2. The molecule has 24 heavy (non-hydrogen) atoms. The lowest BCUT2D eigenvalue weighted by molar-refractivity contribution is -0.136. The number of carbonyl (C=O) groups excluding carboxylic acids is 1. The van der Waals surface area contributed by atoms with Crippen LogP contribution in [0.3, 0.4) is 0 Å². The van der Waals surface area contributed by atoms with Crippen LogP contribution in [0.1, 0.15) is 47.9 Å². The molecule has 2 heterocycles. The smallest absolute Gasteiger partial charge is 0.225 e. The number of amides is 1. The molecule has 0 bridgehead atoms. The molecule has 2 aromatic rings. The molecule has 0 fully saturated rings. The second kappa shape index (κ2) is 6.77. The monoisotopic (exact) mass is 327 g/mol. The number of carbonyl (C=O) groups is 1. The molecule has 0 saturated heterocycles. The third-order valence-electron chi connectivity index (χ3n) is 4.84. The van der Waals surface area contributed by atoms with Gasteiger partial charge in [-0.3, -0.25) is 9.48 Å². The summed E-state index contributed by atoms with van der Waals surface area (Å²) in [7, 11) is 0. The molecule has 1 aliphatic rings. The molecule has 2 atom stereocenters. The fraction of sp³-hybridized carbons (Fsp3) is 0.474. The number of benzene rings is 1. The molecule has 2 unspecified atom stereocenters. The van der Waals surface area contributed by atoms with Crippen molar-refractivity contribution in [2.45, 2.75) is 45.7 Å². The van der Waals surface area contributed by atoms with Crippen molar-refractivity contribution in [1.29, 1.82) is 0 Å². The molecule has 1 aromatic heterocycles. The van der Waals surface area contributed by atoms with Crippen molar-refractivity contribution in [3.05, 3.63) is 52.8 Å². The standard InChI is InChI=1S/C19H25N3O2/c1-13-10-14(2)22(20-13)15(3)11-19(24)21-9-8-16-6-4-5-7-17(16)18(21)12-23/h4-7,10,15,18,23H,8-9,11-12H2,1-3H3. The number of aliphatic hydroxyl groups excluding tert-OH is 1. The number of aliphatic hydroxyl groups is 1. The van der Waals surface area contributed by atoms with Crippen molar-refractivity contribution in [2.24, 2.45) is 0 Å². The van der Waals surface area contributed by atoms with E-state index in [0.717, 1.165) is 23.4 Å². The minimum Gasteiger partial charge on any atom is -0.394 e. The van der Waals surface area contributed by atoms with E-state index < -0.39 is 0 Å². The number of hydrogen-bond donors (Lipinski definition) is 1. The highest BCUT2D eigenvalue weighted by Crippen LogP contribution is 2.30. The predicted octanol–water partition coefficient (Wildman–Crippen LogP) is 2.57. The van der Waals surface area contributed by atoms with E-state index in [0.29, 0.717) is 13.0 Å². The fourth-order valence-electron chi connectivity index (χ4n) is 3.70. The van der Waals surface area contributed by atoms with Crippen LogP contribution in [-0.2, 0) is 11.2 Å². The molecule has 128 valence electrons. The zero-order chi connectivity index (χ0) is 17.3. The van der Waals surface area contributed by atoms with E-state index in [-0.39, 0.29) is 24.6 Å². The van der Waals surface area contributed by atoms with Gasteiger partial charge >= 0.3 is 0 Å². The maximum absolute atomic E-state index is 12.9. The summed E-state index contributed by atoms with van der Waals surface area (Å²) in [5.41, 5.74) is 4.33. The van der Waals surface area contributed by atoms with Gasteiger partial charge in [0.15, 0.2) is 0 Å². The summed E-state index contributed by atoms with van der Waals surface area (Å²) in [4.78, 5) is 14.7. The molecule has 5 heteroatoms. The van der Waals surface area contributed by atoms with Crippen molar-refractivity contribution in [3.8, 4) is 0 Å². The van der Waals surface area contributed by atoms with Gasteiger partial charge in [0.1, 0.15) is 0 Å². The Kier molecular flexibility index (Phi) is 4.71. The Morgan fingerprint density at radius 3 is 2.79 bits per heavy atom. The van der Waals surface area contributed by atoms with Gasteiger partial charge in [0.25, 0.3) is 0 Å². The van der Waals surface area contributed by atoms with E-state index in [4.69, 9.17) is 0 Å². The van der Waals surface area contributed by atoms with Crippen molar-refractivity contribution >= 4 is 5.91 Å². The van der Waals surface area contributed by atoms with Crippen LogP contribution in [0.4, 0.5) is 0 Å². The highest BCUT2D eigenvalue weighted by Gasteiger charge is 2.30. The summed E-state index contributed by atoms with van der Waals surface area (Å²) < 4.78 is 1.92. The number of hydrogen-bond acceptors (Lipinski definition) is 3. The lowest BCUT2D eigenvalue weighted by Crippen LogP contribution is -2.42. The van der Waals surface area contributed by atoms with Crippen LogP contribution in [0, 0.1) is 13.8 Å². The van der Waals surface area contributed by atoms with Crippen LogP contribution in [-0.4, -0.2) is 38.8 Å². The van der Waals surface area contributed by atoms with Crippen molar-refractivity contribution in [1.82, 2.24) is 14.7 Å². The SMILES string of the molecule is Cc1cc(C)n(C(C)CC(=O)N2CCc3ccccc3C2CO)n1. The van der Waals surface area contributed by atoms with E-state index in [1.54, 1.807) is 0 Å². The Bertz CT molecular complexity index is 738. The molecule has 0 aliphatic carbocycles. The highest BCUT2D eigenvalue weighted by atomic mass is 16.3. The second-order valence-corrected chi connectivity index (χ2v) is 6.66. The number of nitrogens with zero attached hydrogens (tertiary/aromatic N) is 3. The highest BCUT2D eigenvalue weighted by molar-refractivity contribution is 5.77. The van der Waals surface area contributed by atoms with Crippen LogP contribution >= 0.6 is 0 Å². The van der Waals surface area contributed by atoms with Crippen LogP contribution < -0.4 is 0 Å². The zero-order valence-corrected chi connectivity index (χ0v) is 14.6. The number of aryl methyl sites for hydroxylation is 2. The van der Waals surface area contributed by atoms with Gasteiger partial charge < -0.3 is 10.0 Å². The van der Waals surface area contributed by atoms with Crippen LogP contribution in [0.15, 0.2) is 30.3 Å². The van der Waals surface area contributed by atoms with Crippen LogP contribution in [0.25, 0.3) is 0 Å². The molecular weight excluding hydrogens is 302 g/mol. The Balaban J connectivity index is 1.76. The number of aromatic nitrogens is 2. The summed E-state index contributed by atoms with van der Waals surface area (Å²) in [5, 5.41) is 14.3. The molecule has 5 nitrogen and oxygen atoms in total. The summed E-state index contributed by atoms with van der Waals surface area (Å²) in [6.45, 7) is 6.60. The molecule has 1 aromatic carbocycles. The molecule has 3 rings (SSSR count). The van der Waals surface area contributed by atoms with E-state index in [2.05, 4.69) is 11.2 Å². The minimum absolute atomic E-state index is 0.00251. The van der Waals surface area contributed by atoms with Crippen LogP contribution in [0.2, 0.25) is 0 Å². The van der Waals surface area contributed by atoms with Gasteiger partial charge in [-0.1, -0.05) is 24.3 Å². The lowest BCUT2D eigenvalue weighted by atomic mass is 9.92. The van der Waals surface area contributed by atoms with Crippen LogP contribution in [0.5, 0.6) is 0 Å². The van der Waals surface area contributed by atoms with Gasteiger partial charge in [0, 0.05) is 18.7 Å². The van der Waals surface area contributed by atoms with E-state index in [9.17, 15) is 9.90 Å². The quantitative estimate of drug-likeness (QED) is 0.939. The predicted molar refractivity (Wildman–Crippen MR) is 92.7 cm³/mol. The fourth-order valence-corrected chi connectivity index (χ4v) is 3.70. The normalized spacial score (nSPS) is 18.3. The first-order chi connectivity index (χ1) is 11.5. The Morgan fingerprint density at radius 1 is 1.38 bits per heavy atom. The largest absolute Gasteiger partial charge is 0.394 e. The second-order valence-electron chi connectivity index (χ2n) is 6.66. The summed E-state index contributed by atoms with van der Waals surface area (Å²) in [6, 6.07) is 9.86. The van der Waals surface area contributed by atoms with Gasteiger partial charge in [0.2, 0.25) is 5.91 Å². The first-order valence-electron chi connectivity index (χ1n) is 8.52. The topological polar surface area (TPSA) is 58.4 Å². The maximum atomic E-state index is 12.9. The van der Waals surface area contributed by atoms with Gasteiger partial charge in [-0.15, -0.1) is 0 Å². The first-order valence-corrected chi connectivity index (χ1v) is 8.52. The average molecular weight is 327 g/mol.